The van der Waals surface area contributed by atoms with E-state index in [2.05, 4.69) is 41.2 Å². The Morgan fingerprint density at radius 2 is 1.84 bits per heavy atom. The maximum Gasteiger partial charge on any atom is 0.302 e. The fraction of sp³-hybridized carbons (Fsp3) is 0.833. The second-order valence-electron chi connectivity index (χ2n) is 12.7. The van der Waals surface area contributed by atoms with Gasteiger partial charge in [0.25, 0.3) is 0 Å². The third kappa shape index (κ3) is 4.14. The molecular formula is C30H48O2. The molecule has 0 amide bonds. The van der Waals surface area contributed by atoms with Crippen molar-refractivity contribution in [2.75, 3.05) is 0 Å². The molecule has 32 heavy (non-hydrogen) atoms. The summed E-state index contributed by atoms with van der Waals surface area (Å²) in [5.74, 6) is 3.69. The smallest absolute Gasteiger partial charge is 0.302 e. The number of carbonyl (C=O) groups excluding carboxylic acids is 1. The Balaban J connectivity index is 1.49. The Hall–Kier alpha value is -1.05. The number of carbonyl (C=O) groups is 1. The van der Waals surface area contributed by atoms with E-state index in [0.717, 1.165) is 30.6 Å². The summed E-state index contributed by atoms with van der Waals surface area (Å²) in [6, 6.07) is 0. The highest BCUT2D eigenvalue weighted by atomic mass is 16.5. The zero-order chi connectivity index (χ0) is 23.3. The zero-order valence-corrected chi connectivity index (χ0v) is 21.8. The lowest BCUT2D eigenvalue weighted by molar-refractivity contribution is -0.150. The van der Waals surface area contributed by atoms with E-state index in [4.69, 9.17) is 4.74 Å². The van der Waals surface area contributed by atoms with Crippen molar-refractivity contribution in [1.29, 1.82) is 0 Å². The number of hydrogen-bond donors (Lipinski definition) is 0. The predicted octanol–water partition coefficient (Wildman–Crippen LogP) is 8.27. The van der Waals surface area contributed by atoms with Crippen LogP contribution in [0, 0.1) is 40.4 Å². The third-order valence-corrected chi connectivity index (χ3v) is 10.8. The van der Waals surface area contributed by atoms with Crippen molar-refractivity contribution in [1.82, 2.24) is 0 Å². The van der Waals surface area contributed by atoms with Crippen LogP contribution >= 0.6 is 0 Å². The first kappa shape index (κ1) is 24.1. The molecule has 0 saturated heterocycles. The molecule has 0 bridgehead atoms. The van der Waals surface area contributed by atoms with Gasteiger partial charge in [0.1, 0.15) is 6.10 Å². The monoisotopic (exact) mass is 440 g/mol. The van der Waals surface area contributed by atoms with Gasteiger partial charge in [0, 0.05) is 6.92 Å². The van der Waals surface area contributed by atoms with Gasteiger partial charge in [-0.15, -0.1) is 0 Å². The highest BCUT2D eigenvalue weighted by Crippen LogP contribution is 2.66. The zero-order valence-electron chi connectivity index (χ0n) is 21.8. The van der Waals surface area contributed by atoms with Gasteiger partial charge in [0.05, 0.1) is 0 Å². The van der Waals surface area contributed by atoms with Crippen LogP contribution in [-0.4, -0.2) is 12.1 Å². The third-order valence-electron chi connectivity index (χ3n) is 10.8. The summed E-state index contributed by atoms with van der Waals surface area (Å²) in [5.41, 5.74) is 6.00. The molecule has 2 heteroatoms. The Kier molecular flexibility index (Phi) is 6.74. The van der Waals surface area contributed by atoms with Crippen molar-refractivity contribution in [2.45, 2.75) is 118 Å². The van der Waals surface area contributed by atoms with E-state index in [9.17, 15) is 4.79 Å². The first-order valence-electron chi connectivity index (χ1n) is 13.6. The maximum absolute atomic E-state index is 11.5. The second-order valence-corrected chi connectivity index (χ2v) is 12.7. The minimum Gasteiger partial charge on any atom is -0.463 e. The van der Waals surface area contributed by atoms with E-state index < -0.39 is 0 Å². The molecule has 180 valence electrons. The van der Waals surface area contributed by atoms with Crippen LogP contribution in [0.4, 0.5) is 0 Å². The van der Waals surface area contributed by atoms with E-state index in [0.29, 0.717) is 22.7 Å². The van der Waals surface area contributed by atoms with Crippen LogP contribution < -0.4 is 0 Å². The summed E-state index contributed by atoms with van der Waals surface area (Å²) in [5, 5.41) is 0. The molecule has 7 atom stereocenters. The van der Waals surface area contributed by atoms with Crippen LogP contribution in [0.15, 0.2) is 23.3 Å². The fourth-order valence-electron chi connectivity index (χ4n) is 8.64. The van der Waals surface area contributed by atoms with Crippen molar-refractivity contribution in [2.24, 2.45) is 40.4 Å². The maximum atomic E-state index is 11.5. The lowest BCUT2D eigenvalue weighted by Gasteiger charge is -2.55. The van der Waals surface area contributed by atoms with Crippen molar-refractivity contribution in [3.63, 3.8) is 0 Å². The summed E-state index contributed by atoms with van der Waals surface area (Å²) in [7, 11) is 0. The highest BCUT2D eigenvalue weighted by molar-refractivity contribution is 5.66. The molecule has 0 radical (unpaired) electrons. The molecule has 4 aliphatic rings. The number of allylic oxidation sites excluding steroid dienone is 3. The van der Waals surface area contributed by atoms with Gasteiger partial charge in [-0.05, 0) is 111 Å². The van der Waals surface area contributed by atoms with Crippen LogP contribution in [0.2, 0.25) is 0 Å². The lowest BCUT2D eigenvalue weighted by Crippen LogP contribution is -2.46. The van der Waals surface area contributed by atoms with E-state index in [1.54, 1.807) is 6.92 Å². The largest absolute Gasteiger partial charge is 0.463 e. The standard InChI is InChI=1S/C30H48O2/c1-19(2)20(3)8-9-21(4)26-12-13-27-25-11-10-23-18-24(32-22(5)31)14-16-29(23,6)28(25)15-17-30(26,27)7/h19,21,23-24,26-27H,3,8-18H2,1-2,4-7H3/t21?,23-,24?,26?,27?,29?,30?/m0/s1. The number of rotatable bonds is 6. The summed E-state index contributed by atoms with van der Waals surface area (Å²) in [6.07, 6.45) is 14.1. The van der Waals surface area contributed by atoms with Crippen LogP contribution in [0.3, 0.4) is 0 Å². The van der Waals surface area contributed by atoms with Crippen LogP contribution in [0.5, 0.6) is 0 Å². The summed E-state index contributed by atoms with van der Waals surface area (Å²) >= 11 is 0. The molecule has 4 rings (SSSR count). The molecule has 0 heterocycles. The Morgan fingerprint density at radius 1 is 1.09 bits per heavy atom. The van der Waals surface area contributed by atoms with E-state index >= 15 is 0 Å². The number of hydrogen-bond acceptors (Lipinski definition) is 2. The molecule has 4 aliphatic carbocycles. The number of ether oxygens (including phenoxy) is 1. The average Bonchev–Trinajstić information content (AvgIpc) is 3.08. The van der Waals surface area contributed by atoms with Crippen molar-refractivity contribution < 1.29 is 9.53 Å². The van der Waals surface area contributed by atoms with Gasteiger partial charge >= 0.3 is 5.97 Å². The van der Waals surface area contributed by atoms with Gasteiger partial charge in [0.2, 0.25) is 0 Å². The van der Waals surface area contributed by atoms with Crippen molar-refractivity contribution >= 4 is 5.97 Å². The molecular weight excluding hydrogens is 392 g/mol. The Labute approximate surface area is 197 Å². The predicted molar refractivity (Wildman–Crippen MR) is 133 cm³/mol. The van der Waals surface area contributed by atoms with Gasteiger partial charge in [0.15, 0.2) is 0 Å². The van der Waals surface area contributed by atoms with E-state index in [1.165, 1.54) is 63.4 Å². The van der Waals surface area contributed by atoms with Gasteiger partial charge in [-0.2, -0.15) is 0 Å². The fourth-order valence-corrected chi connectivity index (χ4v) is 8.64. The minimum absolute atomic E-state index is 0.106. The van der Waals surface area contributed by atoms with Gasteiger partial charge in [-0.3, -0.25) is 4.79 Å². The van der Waals surface area contributed by atoms with Gasteiger partial charge in [-0.25, -0.2) is 0 Å². The molecule has 0 spiro atoms. The SMILES string of the molecule is C=C(CCC(C)C1CCC2C3=C(CCC21C)C1(C)CCC(OC(C)=O)C[C@@H]1CC3)C(C)C. The lowest BCUT2D eigenvalue weighted by atomic mass is 9.50. The van der Waals surface area contributed by atoms with Crippen LogP contribution in [-0.2, 0) is 9.53 Å². The van der Waals surface area contributed by atoms with Crippen LogP contribution in [0.25, 0.3) is 0 Å². The van der Waals surface area contributed by atoms with Crippen molar-refractivity contribution in [3.05, 3.63) is 23.3 Å². The summed E-state index contributed by atoms with van der Waals surface area (Å²) in [6.45, 7) is 18.2. The molecule has 2 fully saturated rings. The number of fused-ring (bicyclic) bond motifs is 4. The molecule has 2 saturated carbocycles. The first-order valence-corrected chi connectivity index (χ1v) is 13.6. The van der Waals surface area contributed by atoms with E-state index in [-0.39, 0.29) is 12.1 Å². The highest BCUT2D eigenvalue weighted by Gasteiger charge is 2.56. The minimum atomic E-state index is -0.106. The second kappa shape index (κ2) is 8.95. The Bertz CT molecular complexity index is 776. The molecule has 0 aromatic carbocycles. The van der Waals surface area contributed by atoms with Crippen molar-refractivity contribution in [3.8, 4) is 0 Å². The summed E-state index contributed by atoms with van der Waals surface area (Å²) < 4.78 is 5.64. The van der Waals surface area contributed by atoms with Crippen LogP contribution in [0.1, 0.15) is 112 Å². The molecule has 0 aromatic rings. The molecule has 6 unspecified atom stereocenters. The van der Waals surface area contributed by atoms with E-state index in [1.807, 2.05) is 11.1 Å². The molecule has 0 aliphatic heterocycles. The first-order chi connectivity index (χ1) is 15.1. The topological polar surface area (TPSA) is 26.3 Å². The normalized spacial score (nSPS) is 39.8. The van der Waals surface area contributed by atoms with Gasteiger partial charge in [-0.1, -0.05) is 57.9 Å². The van der Waals surface area contributed by atoms with Gasteiger partial charge < -0.3 is 4.74 Å². The molecule has 0 N–H and O–H groups in total. The Morgan fingerprint density at radius 3 is 2.53 bits per heavy atom. The quantitative estimate of drug-likeness (QED) is 0.307. The summed E-state index contributed by atoms with van der Waals surface area (Å²) in [4.78, 5) is 11.5. The number of esters is 1. The average molecular weight is 441 g/mol. The molecule has 2 nitrogen and oxygen atoms in total. The molecule has 0 aromatic heterocycles.